The average Bonchev–Trinajstić information content (AvgIpc) is 1.41. The van der Waals surface area contributed by atoms with Crippen molar-refractivity contribution < 1.29 is 4.74 Å². The summed E-state index contributed by atoms with van der Waals surface area (Å²) in [4.78, 5) is 0. The fourth-order valence-electron chi connectivity index (χ4n) is 0.0546. The van der Waals surface area contributed by atoms with Crippen molar-refractivity contribution in [3.8, 4) is 0 Å². The van der Waals surface area contributed by atoms with Gasteiger partial charge in [-0.25, -0.2) is 0 Å². The summed E-state index contributed by atoms with van der Waals surface area (Å²) < 4.78 is 4.31. The number of halogens is 1. The van der Waals surface area contributed by atoms with E-state index in [9.17, 15) is 0 Å². The summed E-state index contributed by atoms with van der Waals surface area (Å²) in [5.74, 6) is 0.531. The van der Waals surface area contributed by atoms with Crippen LogP contribution >= 0.6 is 11.6 Å². The van der Waals surface area contributed by atoms with E-state index in [1.54, 1.807) is 0 Å². The Morgan fingerprint density at radius 3 is 2.17 bits per heavy atom. The first kappa shape index (κ1) is 10.2. The number of alkyl halides is 1. The Bertz CT molecular complexity index is 18.3. The number of hydrogen-bond donors (Lipinski definition) is 0. The fourth-order valence-corrected chi connectivity index (χ4v) is 0.164. The zero-order valence-corrected chi connectivity index (χ0v) is 3.66. The Balaban J connectivity index is 0. The van der Waals surface area contributed by atoms with Gasteiger partial charge in [-0.05, 0) is 0 Å². The Labute approximate surface area is 61.8 Å². The molecule has 0 saturated carbocycles. The molecule has 0 aromatic rings. The van der Waals surface area contributed by atoms with Crippen LogP contribution in [0.25, 0.3) is 0 Å². The van der Waals surface area contributed by atoms with Crippen LogP contribution in [0.5, 0.6) is 0 Å². The zero-order valence-electron chi connectivity index (χ0n) is 2.91. The normalized spacial score (nSPS) is 7.00. The Morgan fingerprint density at radius 2 is 2.17 bits per heavy atom. The zero-order chi connectivity index (χ0) is 4.12. The predicted octanol–water partition coefficient (Wildman–Crippen LogP) is -0.151. The van der Waals surface area contributed by atoms with Crippen LogP contribution < -0.4 is 0 Å². The van der Waals surface area contributed by atoms with Crippen LogP contribution in [0.1, 0.15) is 0 Å². The summed E-state index contributed by atoms with van der Waals surface area (Å²) in [6.45, 7) is 0.543. The molecule has 37 valence electrons. The molecule has 0 rings (SSSR count). The number of hydrogen-bond acceptors (Lipinski definition) is 1. The quantitative estimate of drug-likeness (QED) is 0.577. The van der Waals surface area contributed by atoms with E-state index in [-0.39, 0.29) is 25.8 Å². The molecular weight excluding hydrogens is 202 g/mol. The predicted molar refractivity (Wildman–Crippen MR) is 32.0 cm³/mol. The summed E-state index contributed by atoms with van der Waals surface area (Å²) in [5, 5.41) is 0. The second kappa shape index (κ2) is 9.45. The second-order valence-corrected chi connectivity index (χ2v) is 0.975. The van der Waals surface area contributed by atoms with Gasteiger partial charge in [0.05, 0.1) is 13.7 Å². The average molecular weight is 211 g/mol. The molecule has 0 amide bonds. The monoisotopic (exact) mass is 211 g/mol. The van der Waals surface area contributed by atoms with E-state index in [1.165, 1.54) is 0 Å². The minimum atomic E-state index is 0. The van der Waals surface area contributed by atoms with E-state index in [0.717, 1.165) is 0 Å². The molecule has 0 unspecified atom stereocenters. The van der Waals surface area contributed by atoms with Gasteiger partial charge >= 0.3 is 25.8 Å². The van der Waals surface area contributed by atoms with Crippen molar-refractivity contribution in [2.45, 2.75) is 0 Å². The molecule has 1 nitrogen and oxygen atoms in total. The SMILES string of the molecule is [CH2]OCCCl.[InH3]. The molecule has 0 aromatic heterocycles. The van der Waals surface area contributed by atoms with Gasteiger partial charge in [0.25, 0.3) is 0 Å². The summed E-state index contributed by atoms with van der Waals surface area (Å²) >= 11 is 5.14. The molecule has 0 atom stereocenters. The van der Waals surface area contributed by atoms with E-state index < -0.39 is 0 Å². The minimum absolute atomic E-state index is 0. The van der Waals surface area contributed by atoms with Gasteiger partial charge in [-0.3, -0.25) is 0 Å². The van der Waals surface area contributed by atoms with Gasteiger partial charge in [0, 0.05) is 5.88 Å². The number of ether oxygens (including phenoxy) is 1. The third-order valence-electron chi connectivity index (χ3n) is 0.221. The first-order valence-electron chi connectivity index (χ1n) is 1.34. The van der Waals surface area contributed by atoms with E-state index in [0.29, 0.717) is 12.5 Å². The van der Waals surface area contributed by atoms with Crippen molar-refractivity contribution in [1.29, 1.82) is 0 Å². The van der Waals surface area contributed by atoms with Gasteiger partial charge in [0.15, 0.2) is 0 Å². The molecule has 0 fully saturated rings. The van der Waals surface area contributed by atoms with Crippen LogP contribution in [0.3, 0.4) is 0 Å². The molecular formula is C3H9ClInO. The molecule has 0 heterocycles. The fraction of sp³-hybridized carbons (Fsp3) is 0.667. The molecule has 0 saturated heterocycles. The van der Waals surface area contributed by atoms with Crippen LogP contribution in [-0.4, -0.2) is 38.3 Å². The molecule has 6 heavy (non-hydrogen) atoms. The van der Waals surface area contributed by atoms with Crippen LogP contribution in [0, 0.1) is 7.11 Å². The molecule has 0 spiro atoms. The van der Waals surface area contributed by atoms with E-state index in [1.807, 2.05) is 0 Å². The summed E-state index contributed by atoms with van der Waals surface area (Å²) in [6, 6.07) is 0. The van der Waals surface area contributed by atoms with Crippen LogP contribution in [-0.2, 0) is 4.74 Å². The van der Waals surface area contributed by atoms with Gasteiger partial charge in [-0.1, -0.05) is 0 Å². The van der Waals surface area contributed by atoms with Crippen molar-refractivity contribution in [3.05, 3.63) is 7.11 Å². The van der Waals surface area contributed by atoms with Crippen molar-refractivity contribution in [2.75, 3.05) is 12.5 Å². The third-order valence-corrected chi connectivity index (χ3v) is 0.376. The Hall–Kier alpha value is 1.12. The van der Waals surface area contributed by atoms with Gasteiger partial charge in [0.1, 0.15) is 0 Å². The van der Waals surface area contributed by atoms with Gasteiger partial charge in [-0.15, -0.1) is 11.6 Å². The summed E-state index contributed by atoms with van der Waals surface area (Å²) in [7, 11) is 3.09. The van der Waals surface area contributed by atoms with Gasteiger partial charge < -0.3 is 4.74 Å². The van der Waals surface area contributed by atoms with E-state index >= 15 is 0 Å². The summed E-state index contributed by atoms with van der Waals surface area (Å²) in [5.41, 5.74) is 0. The Kier molecular flexibility index (Phi) is 16.0. The standard InChI is InChI=1S/C3H6ClO.In.3H/c1-5-3-2-4;;;;/h1-3H2;;;;. The molecule has 0 bridgehead atoms. The van der Waals surface area contributed by atoms with Crippen LogP contribution in [0.15, 0.2) is 0 Å². The van der Waals surface area contributed by atoms with Crippen molar-refractivity contribution >= 4 is 37.4 Å². The van der Waals surface area contributed by atoms with Crippen molar-refractivity contribution in [3.63, 3.8) is 0 Å². The third kappa shape index (κ3) is 8.93. The molecule has 0 aliphatic heterocycles. The maximum atomic E-state index is 5.14. The maximum absolute atomic E-state index is 5.14. The molecule has 3 heteroatoms. The molecule has 0 N–H and O–H groups in total. The molecule has 0 aromatic carbocycles. The first-order chi connectivity index (χ1) is 2.41. The van der Waals surface area contributed by atoms with Crippen molar-refractivity contribution in [2.24, 2.45) is 0 Å². The molecule has 1 radical (unpaired) electrons. The summed E-state index contributed by atoms with van der Waals surface area (Å²) in [6.07, 6.45) is 0. The Morgan fingerprint density at radius 1 is 1.67 bits per heavy atom. The topological polar surface area (TPSA) is 9.23 Å². The first-order valence-corrected chi connectivity index (χ1v) is 1.88. The van der Waals surface area contributed by atoms with Gasteiger partial charge in [0.2, 0.25) is 0 Å². The van der Waals surface area contributed by atoms with E-state index in [2.05, 4.69) is 11.8 Å². The van der Waals surface area contributed by atoms with E-state index in [4.69, 9.17) is 11.6 Å². The van der Waals surface area contributed by atoms with Gasteiger partial charge in [-0.2, -0.15) is 0 Å². The van der Waals surface area contributed by atoms with Crippen LogP contribution in [0.2, 0.25) is 0 Å². The van der Waals surface area contributed by atoms with Crippen LogP contribution in [0.4, 0.5) is 0 Å². The number of rotatable bonds is 2. The molecule has 0 aliphatic carbocycles. The second-order valence-electron chi connectivity index (χ2n) is 0.597. The molecule has 0 aliphatic rings. The van der Waals surface area contributed by atoms with Crippen molar-refractivity contribution in [1.82, 2.24) is 0 Å².